The van der Waals surface area contributed by atoms with E-state index in [1.54, 1.807) is 20.1 Å². The second kappa shape index (κ2) is 9.55. The summed E-state index contributed by atoms with van der Waals surface area (Å²) >= 11 is 0. The lowest BCUT2D eigenvalue weighted by atomic mass is 10.1. The number of carbonyl (C=O) groups excluding carboxylic acids is 1. The molecule has 2 aromatic carbocycles. The smallest absolute Gasteiger partial charge is 0.315 e. The Morgan fingerprint density at radius 1 is 1.18 bits per heavy atom. The first-order chi connectivity index (χ1) is 13.6. The Kier molecular flexibility index (Phi) is 6.87. The summed E-state index contributed by atoms with van der Waals surface area (Å²) in [6.45, 7) is 4.55. The van der Waals surface area contributed by atoms with Gasteiger partial charge in [-0.3, -0.25) is 4.90 Å². The summed E-state index contributed by atoms with van der Waals surface area (Å²) in [6, 6.07) is 12.8. The molecule has 3 rings (SSSR count). The van der Waals surface area contributed by atoms with Crippen molar-refractivity contribution in [2.24, 2.45) is 0 Å². The van der Waals surface area contributed by atoms with E-state index in [1.165, 1.54) is 18.9 Å². The summed E-state index contributed by atoms with van der Waals surface area (Å²) in [4.78, 5) is 14.7. The van der Waals surface area contributed by atoms with Crippen LogP contribution in [0.1, 0.15) is 35.6 Å². The van der Waals surface area contributed by atoms with Crippen LogP contribution < -0.4 is 15.4 Å². The van der Waals surface area contributed by atoms with Crippen LogP contribution in [0, 0.1) is 12.7 Å². The lowest BCUT2D eigenvalue weighted by Gasteiger charge is -2.28. The summed E-state index contributed by atoms with van der Waals surface area (Å²) in [5.74, 6) is 0.555. The molecule has 1 fully saturated rings. The van der Waals surface area contributed by atoms with Gasteiger partial charge in [0.05, 0.1) is 13.2 Å². The molecule has 1 heterocycles. The maximum atomic E-state index is 13.6. The SMILES string of the molecule is COc1cccc(C(CNC(=O)NCc2ccc(C)c(F)c2)N2CCCC2)c1. The van der Waals surface area contributed by atoms with Crippen molar-refractivity contribution in [3.8, 4) is 5.75 Å². The minimum Gasteiger partial charge on any atom is -0.497 e. The Labute approximate surface area is 165 Å². The number of likely N-dealkylation sites (tertiary alicyclic amines) is 1. The number of hydrogen-bond acceptors (Lipinski definition) is 3. The van der Waals surface area contributed by atoms with Crippen molar-refractivity contribution < 1.29 is 13.9 Å². The highest BCUT2D eigenvalue weighted by Gasteiger charge is 2.24. The Hall–Kier alpha value is -2.60. The van der Waals surface area contributed by atoms with Gasteiger partial charge < -0.3 is 15.4 Å². The third-order valence-corrected chi connectivity index (χ3v) is 5.21. The van der Waals surface area contributed by atoms with Crippen molar-refractivity contribution >= 4 is 6.03 Å². The molecule has 0 saturated carbocycles. The molecule has 150 valence electrons. The van der Waals surface area contributed by atoms with E-state index in [2.05, 4.69) is 21.6 Å². The van der Waals surface area contributed by atoms with Gasteiger partial charge in [0.2, 0.25) is 0 Å². The van der Waals surface area contributed by atoms with Crippen LogP contribution in [-0.4, -0.2) is 37.7 Å². The number of ether oxygens (including phenoxy) is 1. The Balaban J connectivity index is 1.59. The fourth-order valence-electron chi connectivity index (χ4n) is 3.54. The number of carbonyl (C=O) groups is 1. The molecule has 1 aliphatic heterocycles. The number of nitrogens with zero attached hydrogens (tertiary/aromatic N) is 1. The van der Waals surface area contributed by atoms with E-state index in [0.717, 1.165) is 30.0 Å². The van der Waals surface area contributed by atoms with Gasteiger partial charge in [0.15, 0.2) is 0 Å². The van der Waals surface area contributed by atoms with Crippen LogP contribution in [0.25, 0.3) is 0 Å². The molecule has 0 radical (unpaired) electrons. The minimum atomic E-state index is -0.258. The summed E-state index contributed by atoms with van der Waals surface area (Å²) in [7, 11) is 1.66. The van der Waals surface area contributed by atoms with Crippen LogP contribution >= 0.6 is 0 Å². The number of halogens is 1. The van der Waals surface area contributed by atoms with Crippen LogP contribution in [0.2, 0.25) is 0 Å². The normalized spacial score (nSPS) is 15.2. The lowest BCUT2D eigenvalue weighted by Crippen LogP contribution is -2.41. The molecule has 2 N–H and O–H groups in total. The van der Waals surface area contributed by atoms with E-state index in [-0.39, 0.29) is 24.4 Å². The molecule has 28 heavy (non-hydrogen) atoms. The first kappa shape index (κ1) is 20.1. The van der Waals surface area contributed by atoms with E-state index in [0.29, 0.717) is 12.1 Å². The van der Waals surface area contributed by atoms with Gasteiger partial charge >= 0.3 is 6.03 Å². The number of methoxy groups -OCH3 is 1. The maximum Gasteiger partial charge on any atom is 0.315 e. The Bertz CT molecular complexity index is 806. The molecule has 1 unspecified atom stereocenters. The van der Waals surface area contributed by atoms with Gasteiger partial charge in [0.1, 0.15) is 11.6 Å². The molecular weight excluding hydrogens is 357 g/mol. The molecular formula is C22H28FN3O2. The highest BCUT2D eigenvalue weighted by molar-refractivity contribution is 5.73. The van der Waals surface area contributed by atoms with Crippen molar-refractivity contribution in [3.05, 3.63) is 65.0 Å². The van der Waals surface area contributed by atoms with Crippen LogP contribution in [0.15, 0.2) is 42.5 Å². The number of amides is 2. The molecule has 2 aromatic rings. The maximum absolute atomic E-state index is 13.6. The van der Waals surface area contributed by atoms with Gasteiger partial charge in [-0.25, -0.2) is 9.18 Å². The second-order valence-electron chi connectivity index (χ2n) is 7.18. The first-order valence-electron chi connectivity index (χ1n) is 9.71. The van der Waals surface area contributed by atoms with Gasteiger partial charge in [0.25, 0.3) is 0 Å². The van der Waals surface area contributed by atoms with Crippen LogP contribution in [-0.2, 0) is 6.54 Å². The molecule has 1 atom stereocenters. The number of rotatable bonds is 7. The third-order valence-electron chi connectivity index (χ3n) is 5.21. The largest absolute Gasteiger partial charge is 0.497 e. The molecule has 2 amide bonds. The Morgan fingerprint density at radius 2 is 1.96 bits per heavy atom. The number of aryl methyl sites for hydroxylation is 1. The molecule has 6 heteroatoms. The van der Waals surface area contributed by atoms with Crippen molar-refractivity contribution in [1.29, 1.82) is 0 Å². The van der Waals surface area contributed by atoms with E-state index in [4.69, 9.17) is 4.74 Å². The molecule has 0 aliphatic carbocycles. The van der Waals surface area contributed by atoms with Gasteiger partial charge in [-0.05, 0) is 67.7 Å². The van der Waals surface area contributed by atoms with Crippen molar-refractivity contribution in [2.45, 2.75) is 32.4 Å². The number of benzene rings is 2. The first-order valence-corrected chi connectivity index (χ1v) is 9.71. The minimum absolute atomic E-state index is 0.0974. The van der Waals surface area contributed by atoms with E-state index < -0.39 is 0 Å². The molecule has 5 nitrogen and oxygen atoms in total. The summed E-state index contributed by atoms with van der Waals surface area (Å²) < 4.78 is 19.0. The fourth-order valence-corrected chi connectivity index (χ4v) is 3.54. The number of hydrogen-bond donors (Lipinski definition) is 2. The van der Waals surface area contributed by atoms with Crippen LogP contribution in [0.4, 0.5) is 9.18 Å². The van der Waals surface area contributed by atoms with Gasteiger partial charge in [-0.1, -0.05) is 24.3 Å². The topological polar surface area (TPSA) is 53.6 Å². The van der Waals surface area contributed by atoms with Crippen LogP contribution in [0.5, 0.6) is 5.75 Å². The highest BCUT2D eigenvalue weighted by atomic mass is 19.1. The zero-order valence-electron chi connectivity index (χ0n) is 16.5. The monoisotopic (exact) mass is 385 g/mol. The number of nitrogens with one attached hydrogen (secondary N) is 2. The number of urea groups is 1. The van der Waals surface area contributed by atoms with Crippen molar-refractivity contribution in [1.82, 2.24) is 15.5 Å². The van der Waals surface area contributed by atoms with Gasteiger partial charge in [0, 0.05) is 13.1 Å². The Morgan fingerprint density at radius 3 is 2.68 bits per heavy atom. The molecule has 0 bridgehead atoms. The third kappa shape index (κ3) is 5.23. The molecule has 1 saturated heterocycles. The molecule has 0 aromatic heterocycles. The fraction of sp³-hybridized carbons (Fsp3) is 0.409. The van der Waals surface area contributed by atoms with E-state index >= 15 is 0 Å². The standard InChI is InChI=1S/C22H28FN3O2/c1-16-8-9-17(12-20(16)23)14-24-22(27)25-15-21(26-10-3-4-11-26)18-6-5-7-19(13-18)28-2/h5-9,12-13,21H,3-4,10-11,14-15H2,1-2H3,(H2,24,25,27). The van der Waals surface area contributed by atoms with Crippen molar-refractivity contribution in [3.63, 3.8) is 0 Å². The molecule has 1 aliphatic rings. The molecule has 0 spiro atoms. The average Bonchev–Trinajstić information content (AvgIpc) is 3.23. The van der Waals surface area contributed by atoms with Crippen molar-refractivity contribution in [2.75, 3.05) is 26.7 Å². The van der Waals surface area contributed by atoms with Gasteiger partial charge in [-0.15, -0.1) is 0 Å². The van der Waals surface area contributed by atoms with E-state index in [1.807, 2.05) is 24.3 Å². The predicted molar refractivity (Wildman–Crippen MR) is 108 cm³/mol. The second-order valence-corrected chi connectivity index (χ2v) is 7.18. The summed E-state index contributed by atoms with van der Waals surface area (Å²) in [5, 5.41) is 5.77. The summed E-state index contributed by atoms with van der Waals surface area (Å²) in [6.07, 6.45) is 2.34. The lowest BCUT2D eigenvalue weighted by molar-refractivity contribution is 0.220. The van der Waals surface area contributed by atoms with Gasteiger partial charge in [-0.2, -0.15) is 0 Å². The average molecular weight is 385 g/mol. The van der Waals surface area contributed by atoms with Crippen LogP contribution in [0.3, 0.4) is 0 Å². The highest BCUT2D eigenvalue weighted by Crippen LogP contribution is 2.27. The predicted octanol–water partition coefficient (Wildman–Crippen LogP) is 3.78. The zero-order valence-corrected chi connectivity index (χ0v) is 16.5. The summed E-state index contributed by atoms with van der Waals surface area (Å²) in [5.41, 5.74) is 2.46. The zero-order chi connectivity index (χ0) is 19.9. The van der Waals surface area contributed by atoms with E-state index in [9.17, 15) is 9.18 Å². The quantitative estimate of drug-likeness (QED) is 0.763.